The number of carbonyl (C=O) groups excluding carboxylic acids is 1. The first kappa shape index (κ1) is 29.0. The summed E-state index contributed by atoms with van der Waals surface area (Å²) in [4.78, 5) is 26.5. The highest BCUT2D eigenvalue weighted by Crippen LogP contribution is 2.45. The van der Waals surface area contributed by atoms with Gasteiger partial charge in [-0.2, -0.15) is 13.2 Å². The van der Waals surface area contributed by atoms with Crippen molar-refractivity contribution in [1.29, 1.82) is 0 Å². The maximum absolute atomic E-state index is 14.0. The van der Waals surface area contributed by atoms with Crippen molar-refractivity contribution in [2.24, 2.45) is 0 Å². The van der Waals surface area contributed by atoms with E-state index >= 15 is 0 Å². The number of fused-ring (bicyclic) bond motifs is 1. The number of likely N-dealkylation sites (N-methyl/N-ethyl adjacent to an activating group) is 1. The van der Waals surface area contributed by atoms with Gasteiger partial charge in [-0.05, 0) is 71.0 Å². The Labute approximate surface area is 237 Å². The number of aryl methyl sites for hydroxylation is 1. The van der Waals surface area contributed by atoms with Crippen LogP contribution in [0.1, 0.15) is 62.0 Å². The second kappa shape index (κ2) is 10.7. The lowest BCUT2D eigenvalue weighted by atomic mass is 9.83. The van der Waals surface area contributed by atoms with Gasteiger partial charge in [0.05, 0.1) is 16.7 Å². The SMILES string of the molecule is CCc1cnc2c(c1N1CCC(c3nc(-c4ccc(F)c(C(F)(F)F)c4)cn3CCN(C)C)CC1)C(C)(C)C(=O)N2. The number of imidazole rings is 1. The van der Waals surface area contributed by atoms with E-state index in [1.807, 2.05) is 43.6 Å². The first-order valence-corrected chi connectivity index (χ1v) is 14.0. The molecule has 41 heavy (non-hydrogen) atoms. The molecule has 0 bridgehead atoms. The highest BCUT2D eigenvalue weighted by Gasteiger charge is 2.43. The molecule has 3 aromatic rings. The van der Waals surface area contributed by atoms with Crippen LogP contribution in [-0.4, -0.2) is 59.1 Å². The molecule has 220 valence electrons. The Morgan fingerprint density at radius 2 is 1.88 bits per heavy atom. The Balaban J connectivity index is 1.45. The summed E-state index contributed by atoms with van der Waals surface area (Å²) in [7, 11) is 3.93. The van der Waals surface area contributed by atoms with Crippen LogP contribution in [0.4, 0.5) is 29.1 Å². The zero-order chi connectivity index (χ0) is 29.7. The van der Waals surface area contributed by atoms with Gasteiger partial charge in [0.15, 0.2) is 0 Å². The molecule has 0 atom stereocenters. The Hall–Kier alpha value is -3.47. The number of aromatic nitrogens is 3. The van der Waals surface area contributed by atoms with Crippen LogP contribution >= 0.6 is 0 Å². The number of nitrogens with one attached hydrogen (secondary N) is 1. The second-order valence-electron chi connectivity index (χ2n) is 11.7. The van der Waals surface area contributed by atoms with Crippen molar-refractivity contribution in [2.45, 2.75) is 64.1 Å². The molecule has 7 nitrogen and oxygen atoms in total. The highest BCUT2D eigenvalue weighted by molar-refractivity contribution is 6.06. The number of alkyl halides is 3. The van der Waals surface area contributed by atoms with E-state index in [1.54, 1.807) is 6.20 Å². The average molecular weight is 573 g/mol. The number of pyridine rings is 1. The number of halogens is 4. The average Bonchev–Trinajstić information content (AvgIpc) is 3.44. The Morgan fingerprint density at radius 3 is 2.51 bits per heavy atom. The summed E-state index contributed by atoms with van der Waals surface area (Å²) in [5.74, 6) is 0.185. The molecular formula is C30H36F4N6O. The molecular weight excluding hydrogens is 536 g/mol. The molecule has 0 spiro atoms. The highest BCUT2D eigenvalue weighted by atomic mass is 19.4. The fourth-order valence-electron chi connectivity index (χ4n) is 5.87. The Bertz CT molecular complexity index is 1450. The van der Waals surface area contributed by atoms with E-state index in [4.69, 9.17) is 4.98 Å². The molecule has 2 aliphatic rings. The number of hydrogen-bond donors (Lipinski definition) is 1. The smallest absolute Gasteiger partial charge is 0.371 e. The number of benzene rings is 1. The molecule has 5 rings (SSSR count). The van der Waals surface area contributed by atoms with E-state index in [9.17, 15) is 22.4 Å². The zero-order valence-corrected chi connectivity index (χ0v) is 24.1. The first-order chi connectivity index (χ1) is 19.3. The molecule has 2 aromatic heterocycles. The second-order valence-corrected chi connectivity index (χ2v) is 11.7. The third kappa shape index (κ3) is 5.43. The van der Waals surface area contributed by atoms with Crippen LogP contribution in [0.2, 0.25) is 0 Å². The van der Waals surface area contributed by atoms with Gasteiger partial charge in [0, 0.05) is 61.3 Å². The molecule has 0 radical (unpaired) electrons. The van der Waals surface area contributed by atoms with Gasteiger partial charge in [-0.25, -0.2) is 14.4 Å². The van der Waals surface area contributed by atoms with E-state index in [1.165, 1.54) is 6.07 Å². The van der Waals surface area contributed by atoms with Gasteiger partial charge in [-0.3, -0.25) is 4.79 Å². The van der Waals surface area contributed by atoms with Crippen molar-refractivity contribution in [3.63, 3.8) is 0 Å². The molecule has 0 aliphatic carbocycles. The normalized spacial score (nSPS) is 17.3. The number of amides is 1. The molecule has 1 saturated heterocycles. The molecule has 2 aliphatic heterocycles. The van der Waals surface area contributed by atoms with Crippen LogP contribution in [0.5, 0.6) is 0 Å². The fraction of sp³-hybridized carbons (Fsp3) is 0.500. The number of piperidine rings is 1. The fourth-order valence-corrected chi connectivity index (χ4v) is 5.87. The van der Waals surface area contributed by atoms with Crippen LogP contribution in [-0.2, 0) is 29.4 Å². The lowest BCUT2D eigenvalue weighted by Gasteiger charge is -2.37. The molecule has 0 unspecified atom stereocenters. The van der Waals surface area contributed by atoms with Crippen LogP contribution in [0.15, 0.2) is 30.6 Å². The molecule has 1 fully saturated rings. The molecule has 1 N–H and O–H groups in total. The van der Waals surface area contributed by atoms with Crippen molar-refractivity contribution in [2.75, 3.05) is 43.9 Å². The van der Waals surface area contributed by atoms with Crippen LogP contribution < -0.4 is 10.2 Å². The number of carbonyl (C=O) groups is 1. The minimum Gasteiger partial charge on any atom is -0.371 e. The lowest BCUT2D eigenvalue weighted by Crippen LogP contribution is -2.37. The van der Waals surface area contributed by atoms with E-state index in [-0.39, 0.29) is 17.4 Å². The maximum Gasteiger partial charge on any atom is 0.419 e. The van der Waals surface area contributed by atoms with Crippen molar-refractivity contribution in [1.82, 2.24) is 19.4 Å². The van der Waals surface area contributed by atoms with Crippen LogP contribution in [0, 0.1) is 5.82 Å². The topological polar surface area (TPSA) is 66.3 Å². The van der Waals surface area contributed by atoms with Crippen molar-refractivity contribution < 1.29 is 22.4 Å². The van der Waals surface area contributed by atoms with E-state index in [2.05, 4.69) is 22.1 Å². The maximum atomic E-state index is 14.0. The van der Waals surface area contributed by atoms with Gasteiger partial charge in [0.25, 0.3) is 0 Å². The molecule has 11 heteroatoms. The molecule has 0 saturated carbocycles. The van der Waals surface area contributed by atoms with Gasteiger partial charge in [-0.15, -0.1) is 0 Å². The van der Waals surface area contributed by atoms with Crippen molar-refractivity contribution in [3.05, 3.63) is 58.9 Å². The van der Waals surface area contributed by atoms with E-state index < -0.39 is 23.0 Å². The van der Waals surface area contributed by atoms with Crippen LogP contribution in [0.25, 0.3) is 11.3 Å². The zero-order valence-electron chi connectivity index (χ0n) is 24.1. The number of rotatable bonds is 7. The summed E-state index contributed by atoms with van der Waals surface area (Å²) in [6, 6.07) is 3.05. The minimum absolute atomic E-state index is 0.0608. The van der Waals surface area contributed by atoms with Gasteiger partial charge in [-0.1, -0.05) is 6.92 Å². The van der Waals surface area contributed by atoms with Gasteiger partial charge in [0.2, 0.25) is 5.91 Å². The molecule has 1 amide bonds. The summed E-state index contributed by atoms with van der Waals surface area (Å²) >= 11 is 0. The van der Waals surface area contributed by atoms with E-state index in [0.717, 1.165) is 73.7 Å². The summed E-state index contributed by atoms with van der Waals surface area (Å²) in [5.41, 5.74) is 1.76. The lowest BCUT2D eigenvalue weighted by molar-refractivity contribution is -0.140. The number of nitrogens with zero attached hydrogens (tertiary/aromatic N) is 5. The number of hydrogen-bond acceptors (Lipinski definition) is 5. The van der Waals surface area contributed by atoms with Gasteiger partial charge < -0.3 is 19.7 Å². The predicted molar refractivity (Wildman–Crippen MR) is 151 cm³/mol. The monoisotopic (exact) mass is 572 g/mol. The molecule has 4 heterocycles. The minimum atomic E-state index is -4.79. The van der Waals surface area contributed by atoms with Crippen molar-refractivity contribution >= 4 is 17.4 Å². The quantitative estimate of drug-likeness (QED) is 0.361. The van der Waals surface area contributed by atoms with E-state index in [0.29, 0.717) is 18.1 Å². The molecule has 1 aromatic carbocycles. The summed E-state index contributed by atoms with van der Waals surface area (Å²) in [6.45, 7) is 8.77. The Morgan fingerprint density at radius 1 is 1.17 bits per heavy atom. The summed E-state index contributed by atoms with van der Waals surface area (Å²) < 4.78 is 56.2. The summed E-state index contributed by atoms with van der Waals surface area (Å²) in [5, 5.41) is 2.93. The van der Waals surface area contributed by atoms with Crippen LogP contribution in [0.3, 0.4) is 0 Å². The van der Waals surface area contributed by atoms with Gasteiger partial charge >= 0.3 is 6.18 Å². The largest absolute Gasteiger partial charge is 0.419 e. The van der Waals surface area contributed by atoms with Gasteiger partial charge in [0.1, 0.15) is 17.5 Å². The first-order valence-electron chi connectivity index (χ1n) is 14.0. The third-order valence-electron chi connectivity index (χ3n) is 8.27. The van der Waals surface area contributed by atoms with Crippen molar-refractivity contribution in [3.8, 4) is 11.3 Å². The standard InChI is InChI=1S/C30H36F4N6O/c1-6-18-16-35-26-24(29(2,3)28(41)37-26)25(18)39-11-9-19(10-12-39)27-36-23(17-40(27)14-13-38(4)5)20-7-8-22(31)21(15-20)30(32,33)34/h7-8,15-17,19H,6,9-14H2,1-5H3,(H,35,37,41). The third-order valence-corrected chi connectivity index (χ3v) is 8.27. The number of anilines is 2. The Kier molecular flexibility index (Phi) is 7.61. The predicted octanol–water partition coefficient (Wildman–Crippen LogP) is 5.84. The summed E-state index contributed by atoms with van der Waals surface area (Å²) in [6.07, 6.45) is 1.21.